The third-order valence-electron chi connectivity index (χ3n) is 3.03. The maximum absolute atomic E-state index is 12.6. The SMILES string of the molecule is Cc1cc(C)cc(N(C)S(=O)(=O)c2ccsc2C(=O)O)c1. The van der Waals surface area contributed by atoms with Crippen molar-refractivity contribution in [1.29, 1.82) is 0 Å². The summed E-state index contributed by atoms with van der Waals surface area (Å²) in [4.78, 5) is 10.8. The molecule has 0 aliphatic heterocycles. The van der Waals surface area contributed by atoms with E-state index in [1.165, 1.54) is 18.5 Å². The number of thiophene rings is 1. The van der Waals surface area contributed by atoms with Crippen LogP contribution in [0.1, 0.15) is 20.8 Å². The molecule has 2 rings (SSSR count). The quantitative estimate of drug-likeness (QED) is 0.938. The third-order valence-corrected chi connectivity index (χ3v) is 5.89. The van der Waals surface area contributed by atoms with Crippen LogP contribution in [0.4, 0.5) is 5.69 Å². The van der Waals surface area contributed by atoms with E-state index in [0.717, 1.165) is 26.8 Å². The molecule has 7 heteroatoms. The Bertz CT molecular complexity index is 773. The first-order valence-corrected chi connectivity index (χ1v) is 8.43. The number of carboxylic acids is 1. The van der Waals surface area contributed by atoms with Gasteiger partial charge in [0, 0.05) is 7.05 Å². The fourth-order valence-corrected chi connectivity index (χ4v) is 4.49. The van der Waals surface area contributed by atoms with Crippen LogP contribution in [-0.2, 0) is 10.0 Å². The Kier molecular flexibility index (Phi) is 4.06. The number of hydrogen-bond donors (Lipinski definition) is 1. The predicted octanol–water partition coefficient (Wildman–Crippen LogP) is 2.89. The number of carbonyl (C=O) groups is 1. The van der Waals surface area contributed by atoms with Gasteiger partial charge in [0.2, 0.25) is 0 Å². The van der Waals surface area contributed by atoms with E-state index in [-0.39, 0.29) is 9.77 Å². The minimum absolute atomic E-state index is 0.175. The third kappa shape index (κ3) is 2.93. The molecule has 2 aromatic rings. The van der Waals surface area contributed by atoms with Gasteiger partial charge >= 0.3 is 5.97 Å². The van der Waals surface area contributed by atoms with Crippen LogP contribution >= 0.6 is 11.3 Å². The molecule has 1 heterocycles. The Morgan fingerprint density at radius 2 is 1.76 bits per heavy atom. The molecule has 1 N–H and O–H groups in total. The summed E-state index contributed by atoms with van der Waals surface area (Å²) in [5, 5.41) is 10.5. The number of sulfonamides is 1. The van der Waals surface area contributed by atoms with E-state index in [0.29, 0.717) is 5.69 Å². The molecule has 0 saturated carbocycles. The van der Waals surface area contributed by atoms with Gasteiger partial charge in [-0.15, -0.1) is 11.3 Å². The number of hydrogen-bond acceptors (Lipinski definition) is 4. The van der Waals surface area contributed by atoms with Gasteiger partial charge in [-0.1, -0.05) is 6.07 Å². The fourth-order valence-electron chi connectivity index (χ4n) is 2.08. The molecule has 0 aliphatic rings. The summed E-state index contributed by atoms with van der Waals surface area (Å²) in [5.74, 6) is -1.24. The normalized spacial score (nSPS) is 11.4. The molecule has 1 aromatic carbocycles. The van der Waals surface area contributed by atoms with Gasteiger partial charge < -0.3 is 5.11 Å². The maximum atomic E-state index is 12.6. The molecule has 0 aliphatic carbocycles. The minimum Gasteiger partial charge on any atom is -0.477 e. The maximum Gasteiger partial charge on any atom is 0.347 e. The molecule has 0 atom stereocenters. The molecule has 0 radical (unpaired) electrons. The molecule has 0 amide bonds. The van der Waals surface area contributed by atoms with E-state index in [9.17, 15) is 13.2 Å². The van der Waals surface area contributed by atoms with Crippen molar-refractivity contribution in [2.24, 2.45) is 0 Å². The average Bonchev–Trinajstić information content (AvgIpc) is 2.86. The smallest absolute Gasteiger partial charge is 0.347 e. The Labute approximate surface area is 127 Å². The molecule has 0 fully saturated rings. The summed E-state index contributed by atoms with van der Waals surface area (Å²) in [6.45, 7) is 3.76. The van der Waals surface area contributed by atoms with Gasteiger partial charge in [0.05, 0.1) is 5.69 Å². The fraction of sp³-hybridized carbons (Fsp3) is 0.214. The van der Waals surface area contributed by atoms with Crippen LogP contribution in [0.2, 0.25) is 0 Å². The van der Waals surface area contributed by atoms with E-state index in [1.54, 1.807) is 12.1 Å². The monoisotopic (exact) mass is 325 g/mol. The van der Waals surface area contributed by atoms with Crippen LogP contribution in [0.5, 0.6) is 0 Å². The van der Waals surface area contributed by atoms with Crippen LogP contribution in [-0.4, -0.2) is 26.5 Å². The summed E-state index contributed by atoms with van der Waals surface area (Å²) in [6, 6.07) is 6.76. The number of aromatic carboxylic acids is 1. The highest BCUT2D eigenvalue weighted by Crippen LogP contribution is 2.28. The van der Waals surface area contributed by atoms with E-state index in [2.05, 4.69) is 0 Å². The molecule has 0 spiro atoms. The number of carboxylic acid groups (broad SMARTS) is 1. The van der Waals surface area contributed by atoms with Gasteiger partial charge in [-0.2, -0.15) is 0 Å². The van der Waals surface area contributed by atoms with E-state index in [1.807, 2.05) is 19.9 Å². The van der Waals surface area contributed by atoms with E-state index in [4.69, 9.17) is 5.11 Å². The van der Waals surface area contributed by atoms with Gasteiger partial charge in [0.25, 0.3) is 10.0 Å². The summed E-state index contributed by atoms with van der Waals surface area (Å²) in [6.07, 6.45) is 0. The van der Waals surface area contributed by atoms with Crippen LogP contribution in [0, 0.1) is 13.8 Å². The van der Waals surface area contributed by atoms with Crippen molar-refractivity contribution in [2.45, 2.75) is 18.7 Å². The number of rotatable bonds is 4. The lowest BCUT2D eigenvalue weighted by Crippen LogP contribution is -2.27. The van der Waals surface area contributed by atoms with E-state index < -0.39 is 16.0 Å². The largest absolute Gasteiger partial charge is 0.477 e. The lowest BCUT2D eigenvalue weighted by molar-refractivity contribution is 0.0698. The van der Waals surface area contributed by atoms with Gasteiger partial charge in [0.1, 0.15) is 9.77 Å². The number of anilines is 1. The standard InChI is InChI=1S/C14H15NO4S2/c1-9-6-10(2)8-11(7-9)15(3)21(18,19)12-4-5-20-13(12)14(16)17/h4-8H,1-3H3,(H,16,17). The first-order chi connectivity index (χ1) is 9.73. The van der Waals surface area contributed by atoms with Crippen molar-refractivity contribution in [3.8, 4) is 0 Å². The second kappa shape index (κ2) is 5.50. The zero-order valence-corrected chi connectivity index (χ0v) is 13.5. The Morgan fingerprint density at radius 3 is 2.29 bits per heavy atom. The van der Waals surface area contributed by atoms with Gasteiger partial charge in [0.15, 0.2) is 0 Å². The molecule has 0 unspecified atom stereocenters. The Morgan fingerprint density at radius 1 is 1.19 bits per heavy atom. The zero-order valence-electron chi connectivity index (χ0n) is 11.8. The highest BCUT2D eigenvalue weighted by atomic mass is 32.2. The number of aryl methyl sites for hydroxylation is 2. The van der Waals surface area contributed by atoms with Crippen molar-refractivity contribution in [1.82, 2.24) is 0 Å². The first kappa shape index (κ1) is 15.5. The van der Waals surface area contributed by atoms with Crippen LogP contribution < -0.4 is 4.31 Å². The van der Waals surface area contributed by atoms with Crippen LogP contribution in [0.25, 0.3) is 0 Å². The van der Waals surface area contributed by atoms with Crippen molar-refractivity contribution in [2.75, 3.05) is 11.4 Å². The second-order valence-corrected chi connectivity index (χ2v) is 7.59. The molecule has 0 saturated heterocycles. The number of benzene rings is 1. The molecule has 21 heavy (non-hydrogen) atoms. The van der Waals surface area contributed by atoms with Gasteiger partial charge in [-0.25, -0.2) is 13.2 Å². The van der Waals surface area contributed by atoms with Gasteiger partial charge in [-0.3, -0.25) is 4.31 Å². The van der Waals surface area contributed by atoms with Crippen LogP contribution in [0.15, 0.2) is 34.5 Å². The Balaban J connectivity index is 2.52. The topological polar surface area (TPSA) is 74.7 Å². The predicted molar refractivity (Wildman–Crippen MR) is 82.8 cm³/mol. The van der Waals surface area contributed by atoms with E-state index >= 15 is 0 Å². The van der Waals surface area contributed by atoms with Crippen LogP contribution in [0.3, 0.4) is 0 Å². The zero-order chi connectivity index (χ0) is 15.8. The average molecular weight is 325 g/mol. The summed E-state index contributed by atoms with van der Waals surface area (Å²) in [5.41, 5.74) is 2.39. The molecule has 5 nitrogen and oxygen atoms in total. The lowest BCUT2D eigenvalue weighted by atomic mass is 10.1. The summed E-state index contributed by atoms with van der Waals surface area (Å²) >= 11 is 0.898. The lowest BCUT2D eigenvalue weighted by Gasteiger charge is -2.20. The molecule has 0 bridgehead atoms. The highest BCUT2D eigenvalue weighted by molar-refractivity contribution is 7.93. The highest BCUT2D eigenvalue weighted by Gasteiger charge is 2.28. The molecular formula is C14H15NO4S2. The van der Waals surface area contributed by atoms with Crippen molar-refractivity contribution >= 4 is 33.0 Å². The first-order valence-electron chi connectivity index (χ1n) is 6.11. The van der Waals surface area contributed by atoms with Crippen molar-refractivity contribution in [3.63, 3.8) is 0 Å². The second-order valence-electron chi connectivity index (χ2n) is 4.74. The van der Waals surface area contributed by atoms with Crippen molar-refractivity contribution < 1.29 is 18.3 Å². The van der Waals surface area contributed by atoms with Crippen molar-refractivity contribution in [3.05, 3.63) is 45.6 Å². The molecular weight excluding hydrogens is 310 g/mol. The summed E-state index contributed by atoms with van der Waals surface area (Å²) < 4.78 is 26.3. The molecule has 112 valence electrons. The minimum atomic E-state index is -3.89. The summed E-state index contributed by atoms with van der Waals surface area (Å²) in [7, 11) is -2.47. The molecule has 1 aromatic heterocycles. The van der Waals surface area contributed by atoms with Gasteiger partial charge in [-0.05, 0) is 48.6 Å². The Hall–Kier alpha value is -1.86. The number of nitrogens with zero attached hydrogens (tertiary/aromatic N) is 1.